The molecular formula is C19H28N2. The summed E-state index contributed by atoms with van der Waals surface area (Å²) < 4.78 is 0. The first kappa shape index (κ1) is 13.6. The molecule has 1 aromatic rings. The Morgan fingerprint density at radius 2 is 2.05 bits per heavy atom. The van der Waals surface area contributed by atoms with Crippen molar-refractivity contribution in [3.8, 4) is 0 Å². The van der Waals surface area contributed by atoms with Crippen LogP contribution >= 0.6 is 0 Å². The summed E-state index contributed by atoms with van der Waals surface area (Å²) in [6.07, 6.45) is 7.30. The summed E-state index contributed by atoms with van der Waals surface area (Å²) in [6.45, 7) is 5.80. The first-order valence-corrected chi connectivity index (χ1v) is 8.92. The Labute approximate surface area is 128 Å². The lowest BCUT2D eigenvalue weighted by Crippen LogP contribution is -2.39. The monoisotopic (exact) mass is 284 g/mol. The molecule has 0 radical (unpaired) electrons. The van der Waals surface area contributed by atoms with Gasteiger partial charge in [-0.15, -0.1) is 0 Å². The number of fused-ring (bicyclic) bond motifs is 3. The third-order valence-corrected chi connectivity index (χ3v) is 6.13. The van der Waals surface area contributed by atoms with Gasteiger partial charge in [-0.2, -0.15) is 0 Å². The highest BCUT2D eigenvalue weighted by Crippen LogP contribution is 2.49. The van der Waals surface area contributed by atoms with Crippen LogP contribution in [0.25, 0.3) is 0 Å². The number of benzene rings is 1. The minimum absolute atomic E-state index is 0.558. The summed E-state index contributed by atoms with van der Waals surface area (Å²) in [7, 11) is 0. The summed E-state index contributed by atoms with van der Waals surface area (Å²) in [5.41, 5.74) is 3.02. The fourth-order valence-corrected chi connectivity index (χ4v) is 5.16. The van der Waals surface area contributed by atoms with Gasteiger partial charge in [-0.1, -0.05) is 31.5 Å². The lowest BCUT2D eigenvalue weighted by Gasteiger charge is -2.39. The SMILES string of the molecule is CCNC1CCN(CC2CC3CCC2C3)c2ccccc21. The van der Waals surface area contributed by atoms with Crippen molar-refractivity contribution >= 4 is 5.69 Å². The second kappa shape index (κ2) is 5.64. The minimum Gasteiger partial charge on any atom is -0.371 e. The molecule has 2 aliphatic carbocycles. The number of nitrogens with zero attached hydrogens (tertiary/aromatic N) is 1. The molecule has 2 fully saturated rings. The summed E-state index contributed by atoms with van der Waals surface area (Å²) in [6, 6.07) is 9.63. The van der Waals surface area contributed by atoms with E-state index in [1.54, 1.807) is 0 Å². The van der Waals surface area contributed by atoms with E-state index in [9.17, 15) is 0 Å². The molecular weight excluding hydrogens is 256 g/mol. The van der Waals surface area contributed by atoms with Gasteiger partial charge >= 0.3 is 0 Å². The average molecular weight is 284 g/mol. The Morgan fingerprint density at radius 1 is 1.14 bits per heavy atom. The van der Waals surface area contributed by atoms with Crippen molar-refractivity contribution in [2.24, 2.45) is 17.8 Å². The molecule has 2 saturated carbocycles. The van der Waals surface area contributed by atoms with Crippen molar-refractivity contribution < 1.29 is 0 Å². The molecule has 0 amide bonds. The Hall–Kier alpha value is -1.02. The predicted octanol–water partition coefficient (Wildman–Crippen LogP) is 3.98. The Kier molecular flexibility index (Phi) is 3.66. The van der Waals surface area contributed by atoms with Gasteiger partial charge in [0, 0.05) is 24.8 Å². The van der Waals surface area contributed by atoms with Crippen LogP contribution in [0.3, 0.4) is 0 Å². The van der Waals surface area contributed by atoms with Gasteiger partial charge in [0.2, 0.25) is 0 Å². The summed E-state index contributed by atoms with van der Waals surface area (Å²) in [5, 5.41) is 3.66. The molecule has 4 unspecified atom stereocenters. The molecule has 2 nitrogen and oxygen atoms in total. The van der Waals surface area contributed by atoms with E-state index in [-0.39, 0.29) is 0 Å². The van der Waals surface area contributed by atoms with Gasteiger partial charge in [0.1, 0.15) is 0 Å². The van der Waals surface area contributed by atoms with Crippen LogP contribution in [0.4, 0.5) is 5.69 Å². The maximum atomic E-state index is 3.66. The van der Waals surface area contributed by atoms with Crippen LogP contribution in [0.1, 0.15) is 50.6 Å². The Morgan fingerprint density at radius 3 is 2.81 bits per heavy atom. The third kappa shape index (κ3) is 2.48. The lowest BCUT2D eigenvalue weighted by atomic mass is 9.87. The second-order valence-electron chi connectivity index (χ2n) is 7.34. The van der Waals surface area contributed by atoms with E-state index in [0.29, 0.717) is 6.04 Å². The molecule has 1 aromatic carbocycles. The zero-order valence-electron chi connectivity index (χ0n) is 13.2. The molecule has 4 atom stereocenters. The number of nitrogens with one attached hydrogen (secondary N) is 1. The zero-order chi connectivity index (χ0) is 14.2. The number of anilines is 1. The number of hydrogen-bond donors (Lipinski definition) is 1. The molecule has 0 spiro atoms. The fourth-order valence-electron chi connectivity index (χ4n) is 5.16. The highest BCUT2D eigenvalue weighted by molar-refractivity contribution is 5.57. The number of para-hydroxylation sites is 1. The van der Waals surface area contributed by atoms with Crippen LogP contribution in [0.5, 0.6) is 0 Å². The Balaban J connectivity index is 1.52. The average Bonchev–Trinajstić information content (AvgIpc) is 3.13. The zero-order valence-corrected chi connectivity index (χ0v) is 13.2. The van der Waals surface area contributed by atoms with E-state index in [1.165, 1.54) is 56.4 Å². The van der Waals surface area contributed by atoms with E-state index >= 15 is 0 Å². The highest BCUT2D eigenvalue weighted by atomic mass is 15.2. The van der Waals surface area contributed by atoms with Gasteiger partial charge in [0.05, 0.1) is 0 Å². The van der Waals surface area contributed by atoms with Crippen molar-refractivity contribution in [1.82, 2.24) is 5.32 Å². The van der Waals surface area contributed by atoms with Gasteiger partial charge in [0.15, 0.2) is 0 Å². The summed E-state index contributed by atoms with van der Waals surface area (Å²) in [4.78, 5) is 2.69. The summed E-state index contributed by atoms with van der Waals surface area (Å²) in [5.74, 6) is 3.07. The van der Waals surface area contributed by atoms with E-state index in [4.69, 9.17) is 0 Å². The van der Waals surface area contributed by atoms with Gasteiger partial charge < -0.3 is 10.2 Å². The first-order valence-electron chi connectivity index (χ1n) is 8.92. The quantitative estimate of drug-likeness (QED) is 0.899. The number of hydrogen-bond acceptors (Lipinski definition) is 2. The predicted molar refractivity (Wildman–Crippen MR) is 88.6 cm³/mol. The molecule has 3 aliphatic rings. The van der Waals surface area contributed by atoms with Crippen LogP contribution < -0.4 is 10.2 Å². The number of rotatable bonds is 4. The van der Waals surface area contributed by atoms with Crippen molar-refractivity contribution in [3.05, 3.63) is 29.8 Å². The van der Waals surface area contributed by atoms with Gasteiger partial charge in [-0.05, 0) is 61.6 Å². The third-order valence-electron chi connectivity index (χ3n) is 6.13. The molecule has 2 heteroatoms. The van der Waals surface area contributed by atoms with E-state index < -0.39 is 0 Å². The van der Waals surface area contributed by atoms with Crippen molar-refractivity contribution in [1.29, 1.82) is 0 Å². The fraction of sp³-hybridized carbons (Fsp3) is 0.684. The van der Waals surface area contributed by atoms with Crippen LogP contribution in [0.2, 0.25) is 0 Å². The first-order chi connectivity index (χ1) is 10.3. The maximum absolute atomic E-state index is 3.66. The van der Waals surface area contributed by atoms with Crippen molar-refractivity contribution in [2.75, 3.05) is 24.5 Å². The van der Waals surface area contributed by atoms with Gasteiger partial charge in [-0.3, -0.25) is 0 Å². The van der Waals surface area contributed by atoms with Gasteiger partial charge in [-0.25, -0.2) is 0 Å². The lowest BCUT2D eigenvalue weighted by molar-refractivity contribution is 0.329. The van der Waals surface area contributed by atoms with E-state index in [2.05, 4.69) is 41.4 Å². The Bertz CT molecular complexity index is 498. The molecule has 1 aliphatic heterocycles. The highest BCUT2D eigenvalue weighted by Gasteiger charge is 2.40. The second-order valence-corrected chi connectivity index (χ2v) is 7.34. The molecule has 114 valence electrons. The standard InChI is InChI=1S/C19H28N2/c1-2-20-18-9-10-21(19-6-4-3-5-17(18)19)13-16-12-14-7-8-15(16)11-14/h3-6,14-16,18,20H,2,7-13H2,1H3. The van der Waals surface area contributed by atoms with Crippen LogP contribution in [0, 0.1) is 17.8 Å². The molecule has 21 heavy (non-hydrogen) atoms. The molecule has 0 saturated heterocycles. The van der Waals surface area contributed by atoms with E-state index in [0.717, 1.165) is 24.3 Å². The van der Waals surface area contributed by atoms with Crippen LogP contribution in [-0.2, 0) is 0 Å². The minimum atomic E-state index is 0.558. The van der Waals surface area contributed by atoms with E-state index in [1.807, 2.05) is 0 Å². The molecule has 1 N–H and O–H groups in total. The summed E-state index contributed by atoms with van der Waals surface area (Å²) >= 11 is 0. The molecule has 1 heterocycles. The molecule has 2 bridgehead atoms. The van der Waals surface area contributed by atoms with Crippen molar-refractivity contribution in [3.63, 3.8) is 0 Å². The largest absolute Gasteiger partial charge is 0.371 e. The topological polar surface area (TPSA) is 15.3 Å². The normalized spacial score (nSPS) is 34.2. The van der Waals surface area contributed by atoms with Crippen molar-refractivity contribution in [2.45, 2.75) is 45.1 Å². The van der Waals surface area contributed by atoms with Crippen LogP contribution in [0.15, 0.2) is 24.3 Å². The molecule has 0 aromatic heterocycles. The van der Waals surface area contributed by atoms with Gasteiger partial charge in [0.25, 0.3) is 0 Å². The molecule has 4 rings (SSSR count). The van der Waals surface area contributed by atoms with Crippen LogP contribution in [-0.4, -0.2) is 19.6 Å². The maximum Gasteiger partial charge on any atom is 0.0414 e. The smallest absolute Gasteiger partial charge is 0.0414 e.